The Morgan fingerprint density at radius 3 is 1.53 bits per heavy atom. The van der Waals surface area contributed by atoms with Gasteiger partial charge in [0.2, 0.25) is 0 Å². The average molecular weight is 275 g/mol. The van der Waals surface area contributed by atoms with Crippen molar-refractivity contribution in [2.75, 3.05) is 0 Å². The number of hydrogen-bond donors (Lipinski definition) is 0. The molecule has 0 unspecified atom stereocenters. The summed E-state index contributed by atoms with van der Waals surface area (Å²) in [5.41, 5.74) is 0. The van der Waals surface area contributed by atoms with Crippen LogP contribution >= 0.6 is 0 Å². The first kappa shape index (κ1) is 15.3. The Bertz CT molecular complexity index is 485. The summed E-state index contributed by atoms with van der Waals surface area (Å²) in [7, 11) is -4.47. The molecule has 0 bridgehead atoms. The standard InChI is InChI=1S/C5H5.3C2H5.5CH3.Ti/c1-2-4-5-3-1;3*1-2;;;;;;/h1-3H,4H2;3*1H2,2H3;5*1H3;. The molecule has 0 atom stereocenters. The maximum absolute atomic E-state index is 4.47. The summed E-state index contributed by atoms with van der Waals surface area (Å²) in [5.74, 6) is 0. The fourth-order valence-corrected chi connectivity index (χ4v) is 12.1. The first-order chi connectivity index (χ1) is 7.00. The van der Waals surface area contributed by atoms with Gasteiger partial charge < -0.3 is 0 Å². The van der Waals surface area contributed by atoms with E-state index >= 15 is 0 Å². The molecule has 103 valence electrons. The predicted molar refractivity (Wildman–Crippen MR) is 82.6 cm³/mol. The van der Waals surface area contributed by atoms with Crippen molar-refractivity contribution >= 4 is 0 Å². The molecular formula is C16H35Ti. The Morgan fingerprint density at radius 2 is 1.29 bits per heavy atom. The van der Waals surface area contributed by atoms with Crippen molar-refractivity contribution in [2.45, 2.75) is 67.5 Å². The van der Waals surface area contributed by atoms with E-state index in [2.05, 4.69) is 65.1 Å². The Morgan fingerprint density at radius 1 is 0.882 bits per heavy atom. The molecule has 0 spiro atoms. The summed E-state index contributed by atoms with van der Waals surface area (Å²) in [5, 5.41) is 13.4. The molecule has 0 fully saturated rings. The Labute approximate surface area is 99.6 Å². The molecule has 1 rings (SSSR count). The molecule has 0 aliphatic heterocycles. The van der Waals surface area contributed by atoms with E-state index in [4.69, 9.17) is 0 Å². The third kappa shape index (κ3) is 1.46. The number of allylic oxidation sites excluding steroid dienone is 4. The average Bonchev–Trinajstić information content (AvgIpc) is 2.75. The molecule has 0 saturated heterocycles. The van der Waals surface area contributed by atoms with Gasteiger partial charge in [0, 0.05) is 0 Å². The minimum atomic E-state index is -4.47. The fraction of sp³-hybridized carbons (Fsp3) is 0.750. The van der Waals surface area contributed by atoms with Gasteiger partial charge in [-0.3, -0.25) is 0 Å². The Hall–Kier alpha value is 0.194. The van der Waals surface area contributed by atoms with Gasteiger partial charge in [0.25, 0.3) is 0 Å². The number of rotatable bonds is 4. The van der Waals surface area contributed by atoms with Crippen LogP contribution in [0.25, 0.3) is 0 Å². The molecule has 0 radical (unpaired) electrons. The zero-order chi connectivity index (χ0) is 13.9. The van der Waals surface area contributed by atoms with Gasteiger partial charge in [-0.2, -0.15) is 0 Å². The molecule has 0 amide bonds. The predicted octanol–water partition coefficient (Wildman–Crippen LogP) is 7.22. The normalized spacial score (nSPS) is 28.9. The Kier molecular flexibility index (Phi) is 1.57. The SMILES string of the molecule is C[CH2][Ti]([CH3])([CH3])([CH3])([CH3])([CH3])([CH2]C)([CH2]C)[C]1=CC=CC1. The third-order valence-electron chi connectivity index (χ3n) is 10.4. The van der Waals surface area contributed by atoms with Crippen LogP contribution in [0, 0.1) is 0 Å². The summed E-state index contributed by atoms with van der Waals surface area (Å²) in [6.45, 7) is 7.28. The van der Waals surface area contributed by atoms with Crippen molar-refractivity contribution in [1.29, 1.82) is 0 Å². The molecule has 0 nitrogen and oxygen atoms in total. The van der Waals surface area contributed by atoms with Crippen molar-refractivity contribution in [3.05, 3.63) is 22.1 Å². The van der Waals surface area contributed by atoms with Gasteiger partial charge >= 0.3 is 99.8 Å². The summed E-state index contributed by atoms with van der Waals surface area (Å²) in [6.07, 6.45) is 8.17. The van der Waals surface area contributed by atoms with Gasteiger partial charge in [0.05, 0.1) is 0 Å². The van der Waals surface area contributed by atoms with Crippen molar-refractivity contribution in [3.63, 3.8) is 0 Å². The molecule has 1 heteroatoms. The molecule has 1 aliphatic rings. The van der Waals surface area contributed by atoms with E-state index in [0.29, 0.717) is 0 Å². The van der Waals surface area contributed by atoms with Crippen molar-refractivity contribution in [1.82, 2.24) is 0 Å². The quantitative estimate of drug-likeness (QED) is 0.475. The van der Waals surface area contributed by atoms with E-state index < -0.39 is 10.2 Å². The van der Waals surface area contributed by atoms with Gasteiger partial charge in [-0.05, 0) is 0 Å². The number of hydrogen-bond acceptors (Lipinski definition) is 0. The molecular weight excluding hydrogens is 240 g/mol. The van der Waals surface area contributed by atoms with Gasteiger partial charge in [-0.15, -0.1) is 0 Å². The van der Waals surface area contributed by atoms with Crippen LogP contribution in [0.15, 0.2) is 22.1 Å². The zero-order valence-corrected chi connectivity index (χ0v) is 15.1. The second kappa shape index (κ2) is 1.75. The van der Waals surface area contributed by atoms with E-state index in [1.807, 2.05) is 0 Å². The van der Waals surface area contributed by atoms with Gasteiger partial charge in [0.1, 0.15) is 0 Å². The van der Waals surface area contributed by atoms with Crippen LogP contribution in [-0.4, -0.2) is 0 Å². The van der Waals surface area contributed by atoms with Crippen molar-refractivity contribution in [3.8, 4) is 0 Å². The summed E-state index contributed by atoms with van der Waals surface area (Å²) in [6, 6.07) is 0. The fourth-order valence-electron chi connectivity index (χ4n) is 3.20. The van der Waals surface area contributed by atoms with E-state index in [1.165, 1.54) is 14.2 Å². The van der Waals surface area contributed by atoms with Gasteiger partial charge in [-0.1, -0.05) is 0 Å². The van der Waals surface area contributed by atoms with Crippen LogP contribution in [-0.2, 0) is 10.2 Å². The monoisotopic (exact) mass is 275 g/mol. The van der Waals surface area contributed by atoms with Crippen LogP contribution < -0.4 is 0 Å². The molecule has 0 aromatic carbocycles. The van der Waals surface area contributed by atoms with Crippen molar-refractivity contribution in [2.24, 2.45) is 0 Å². The van der Waals surface area contributed by atoms with Crippen LogP contribution in [0.3, 0.4) is 0 Å². The molecule has 0 aromatic heterocycles. The van der Waals surface area contributed by atoms with E-state index in [0.717, 1.165) is 6.42 Å². The molecule has 17 heavy (non-hydrogen) atoms. The molecule has 0 heterocycles. The second-order valence-corrected chi connectivity index (χ2v) is 59.6. The maximum atomic E-state index is 2.68. The molecule has 0 saturated carbocycles. The summed E-state index contributed by atoms with van der Waals surface area (Å²) in [4.78, 5) is 0. The second-order valence-electron chi connectivity index (χ2n) is 15.2. The summed E-state index contributed by atoms with van der Waals surface area (Å²) >= 11 is 0. The van der Waals surface area contributed by atoms with Crippen LogP contribution in [0.1, 0.15) is 27.2 Å². The van der Waals surface area contributed by atoms with E-state index in [1.54, 1.807) is 3.88 Å². The first-order valence-electron chi connectivity index (χ1n) is 7.65. The third-order valence-corrected chi connectivity index (χ3v) is 41.0. The minimum absolute atomic E-state index is 1.15. The van der Waals surface area contributed by atoms with Gasteiger partial charge in [0.15, 0.2) is 0 Å². The first-order valence-corrected chi connectivity index (χ1v) is 19.6. The van der Waals surface area contributed by atoms with E-state index in [-0.39, 0.29) is 0 Å². The topological polar surface area (TPSA) is 0 Å². The van der Waals surface area contributed by atoms with Crippen molar-refractivity contribution < 1.29 is 10.2 Å². The van der Waals surface area contributed by atoms with Crippen LogP contribution in [0.5, 0.6) is 0 Å². The molecule has 1 aliphatic carbocycles. The van der Waals surface area contributed by atoms with Crippen LogP contribution in [0.4, 0.5) is 0 Å². The zero-order valence-electron chi connectivity index (χ0n) is 13.6. The van der Waals surface area contributed by atoms with Crippen LogP contribution in [0.2, 0.25) is 40.3 Å². The summed E-state index contributed by atoms with van der Waals surface area (Å²) < 4.78 is 5.51. The Balaban J connectivity index is 4.16. The molecule has 0 N–H and O–H groups in total. The molecule has 0 aromatic rings. The van der Waals surface area contributed by atoms with Gasteiger partial charge in [-0.25, -0.2) is 0 Å². The van der Waals surface area contributed by atoms with E-state index in [9.17, 15) is 0 Å².